The summed E-state index contributed by atoms with van der Waals surface area (Å²) in [5.41, 5.74) is 1.29. The molecular formula is C19H20FN3O2. The standard InChI is InChI=1S/C19H20FN3O2/c20-16-3-1-2-15(10-16)17-6-7-18(22-21-17)25-12-13-8-9-23(11-13)19(24)14-4-5-14/h1-3,6-7,10,13-14H,4-5,8-9,11-12H2. The smallest absolute Gasteiger partial charge is 0.233 e. The Hall–Kier alpha value is -2.50. The van der Waals surface area contributed by atoms with Crippen LogP contribution >= 0.6 is 0 Å². The molecule has 1 aliphatic heterocycles. The average Bonchev–Trinajstić information content (AvgIpc) is 3.38. The third kappa shape index (κ3) is 3.78. The van der Waals surface area contributed by atoms with Crippen LogP contribution in [0.2, 0.25) is 0 Å². The van der Waals surface area contributed by atoms with E-state index in [1.807, 2.05) is 4.90 Å². The number of amides is 1. The minimum atomic E-state index is -0.300. The number of carbonyl (C=O) groups is 1. The van der Waals surface area contributed by atoms with Crippen molar-refractivity contribution in [3.05, 3.63) is 42.2 Å². The molecule has 1 unspecified atom stereocenters. The predicted molar refractivity (Wildman–Crippen MR) is 90.3 cm³/mol. The second-order valence-corrected chi connectivity index (χ2v) is 6.79. The van der Waals surface area contributed by atoms with E-state index in [4.69, 9.17) is 4.74 Å². The Bertz CT molecular complexity index is 762. The first-order chi connectivity index (χ1) is 12.2. The van der Waals surface area contributed by atoms with E-state index >= 15 is 0 Å². The van der Waals surface area contributed by atoms with Crippen LogP contribution in [0, 0.1) is 17.7 Å². The first-order valence-corrected chi connectivity index (χ1v) is 8.70. The van der Waals surface area contributed by atoms with Crippen molar-refractivity contribution in [1.82, 2.24) is 15.1 Å². The topological polar surface area (TPSA) is 55.3 Å². The van der Waals surface area contributed by atoms with Gasteiger partial charge in [-0.05, 0) is 37.5 Å². The number of hydrogen-bond donors (Lipinski definition) is 0. The molecule has 2 aromatic rings. The Labute approximate surface area is 145 Å². The summed E-state index contributed by atoms with van der Waals surface area (Å²) in [7, 11) is 0. The van der Waals surface area contributed by atoms with Crippen molar-refractivity contribution >= 4 is 5.91 Å². The number of aromatic nitrogens is 2. The minimum absolute atomic E-state index is 0.279. The van der Waals surface area contributed by atoms with Crippen molar-refractivity contribution in [2.45, 2.75) is 19.3 Å². The summed E-state index contributed by atoms with van der Waals surface area (Å²) < 4.78 is 19.0. The van der Waals surface area contributed by atoms with Gasteiger partial charge >= 0.3 is 0 Å². The summed E-state index contributed by atoms with van der Waals surface area (Å²) in [6.45, 7) is 2.13. The van der Waals surface area contributed by atoms with Gasteiger partial charge in [0.1, 0.15) is 5.82 Å². The van der Waals surface area contributed by atoms with E-state index in [0.29, 0.717) is 35.6 Å². The molecule has 0 bridgehead atoms. The lowest BCUT2D eigenvalue weighted by Gasteiger charge is -2.16. The number of halogens is 1. The number of carbonyl (C=O) groups excluding carboxylic acids is 1. The first-order valence-electron chi connectivity index (χ1n) is 8.70. The summed E-state index contributed by atoms with van der Waals surface area (Å²) in [6, 6.07) is 9.77. The highest BCUT2D eigenvalue weighted by Crippen LogP contribution is 2.33. The molecule has 1 aliphatic carbocycles. The van der Waals surface area contributed by atoms with Crippen LogP contribution in [0.25, 0.3) is 11.3 Å². The van der Waals surface area contributed by atoms with Gasteiger partial charge < -0.3 is 9.64 Å². The highest BCUT2D eigenvalue weighted by atomic mass is 19.1. The Balaban J connectivity index is 1.31. The first kappa shape index (κ1) is 16.0. The summed E-state index contributed by atoms with van der Waals surface area (Å²) in [6.07, 6.45) is 3.06. The van der Waals surface area contributed by atoms with Gasteiger partial charge in [0.2, 0.25) is 11.8 Å². The fourth-order valence-electron chi connectivity index (χ4n) is 3.16. The fraction of sp³-hybridized carbons (Fsp3) is 0.421. The number of likely N-dealkylation sites (tertiary alicyclic amines) is 1. The van der Waals surface area contributed by atoms with E-state index in [0.717, 1.165) is 32.4 Å². The summed E-state index contributed by atoms with van der Waals surface area (Å²) in [5, 5.41) is 8.17. The largest absolute Gasteiger partial charge is 0.476 e. The molecule has 1 amide bonds. The van der Waals surface area contributed by atoms with Crippen LogP contribution in [-0.4, -0.2) is 40.7 Å². The SMILES string of the molecule is O=C(C1CC1)N1CCC(COc2ccc(-c3cccc(F)c3)nn2)C1. The zero-order valence-corrected chi connectivity index (χ0v) is 13.9. The zero-order chi connectivity index (χ0) is 17.2. The van der Waals surface area contributed by atoms with Crippen molar-refractivity contribution in [1.29, 1.82) is 0 Å². The maximum absolute atomic E-state index is 13.3. The maximum Gasteiger partial charge on any atom is 0.233 e. The van der Waals surface area contributed by atoms with Crippen LogP contribution in [0.3, 0.4) is 0 Å². The van der Waals surface area contributed by atoms with Gasteiger partial charge in [0, 0.05) is 36.6 Å². The average molecular weight is 341 g/mol. The molecular weight excluding hydrogens is 321 g/mol. The van der Waals surface area contributed by atoms with E-state index in [-0.39, 0.29) is 11.7 Å². The molecule has 1 atom stereocenters. The van der Waals surface area contributed by atoms with E-state index in [1.165, 1.54) is 12.1 Å². The third-order valence-corrected chi connectivity index (χ3v) is 4.75. The van der Waals surface area contributed by atoms with E-state index in [9.17, 15) is 9.18 Å². The molecule has 1 saturated heterocycles. The van der Waals surface area contributed by atoms with E-state index < -0.39 is 0 Å². The lowest BCUT2D eigenvalue weighted by atomic mass is 10.1. The molecule has 25 heavy (non-hydrogen) atoms. The lowest BCUT2D eigenvalue weighted by Crippen LogP contribution is -2.30. The Morgan fingerprint density at radius 1 is 1.20 bits per heavy atom. The Morgan fingerprint density at radius 3 is 2.80 bits per heavy atom. The highest BCUT2D eigenvalue weighted by Gasteiger charge is 2.36. The van der Waals surface area contributed by atoms with Crippen molar-refractivity contribution in [3.63, 3.8) is 0 Å². The summed E-state index contributed by atoms with van der Waals surface area (Å²) >= 11 is 0. The molecule has 130 valence electrons. The van der Waals surface area contributed by atoms with Crippen LogP contribution in [-0.2, 0) is 4.79 Å². The highest BCUT2D eigenvalue weighted by molar-refractivity contribution is 5.81. The zero-order valence-electron chi connectivity index (χ0n) is 13.9. The molecule has 5 nitrogen and oxygen atoms in total. The lowest BCUT2D eigenvalue weighted by molar-refractivity contribution is -0.131. The van der Waals surface area contributed by atoms with Crippen molar-refractivity contribution in [3.8, 4) is 17.1 Å². The number of rotatable bonds is 5. The molecule has 4 rings (SSSR count). The van der Waals surface area contributed by atoms with Crippen LogP contribution in [0.4, 0.5) is 4.39 Å². The number of hydrogen-bond acceptors (Lipinski definition) is 4. The number of benzene rings is 1. The third-order valence-electron chi connectivity index (χ3n) is 4.75. The Kier molecular flexibility index (Phi) is 4.34. The van der Waals surface area contributed by atoms with Crippen LogP contribution in [0.1, 0.15) is 19.3 Å². The fourth-order valence-corrected chi connectivity index (χ4v) is 3.16. The van der Waals surface area contributed by atoms with Gasteiger partial charge in [0.25, 0.3) is 0 Å². The van der Waals surface area contributed by atoms with Gasteiger partial charge in [-0.2, -0.15) is 0 Å². The molecule has 1 aromatic heterocycles. The number of ether oxygens (including phenoxy) is 1. The monoisotopic (exact) mass is 341 g/mol. The molecule has 0 N–H and O–H groups in total. The van der Waals surface area contributed by atoms with Gasteiger partial charge in [-0.1, -0.05) is 12.1 Å². The Morgan fingerprint density at radius 2 is 2.08 bits per heavy atom. The molecule has 6 heteroatoms. The molecule has 1 aromatic carbocycles. The molecule has 0 spiro atoms. The van der Waals surface area contributed by atoms with Crippen molar-refractivity contribution < 1.29 is 13.9 Å². The second-order valence-electron chi connectivity index (χ2n) is 6.79. The van der Waals surface area contributed by atoms with Gasteiger partial charge in [-0.3, -0.25) is 4.79 Å². The van der Waals surface area contributed by atoms with E-state index in [1.54, 1.807) is 24.3 Å². The molecule has 2 heterocycles. The van der Waals surface area contributed by atoms with Crippen LogP contribution in [0.15, 0.2) is 36.4 Å². The molecule has 1 saturated carbocycles. The second kappa shape index (κ2) is 6.78. The predicted octanol–water partition coefficient (Wildman–Crippen LogP) is 2.92. The van der Waals surface area contributed by atoms with Crippen molar-refractivity contribution in [2.75, 3.05) is 19.7 Å². The van der Waals surface area contributed by atoms with Gasteiger partial charge in [0.05, 0.1) is 12.3 Å². The summed E-state index contributed by atoms with van der Waals surface area (Å²) in [4.78, 5) is 14.0. The normalized spacial score (nSPS) is 19.9. The minimum Gasteiger partial charge on any atom is -0.476 e. The molecule has 2 fully saturated rings. The molecule has 0 radical (unpaired) electrons. The number of nitrogens with zero attached hydrogens (tertiary/aromatic N) is 3. The molecule has 2 aliphatic rings. The van der Waals surface area contributed by atoms with Crippen LogP contribution < -0.4 is 4.74 Å². The van der Waals surface area contributed by atoms with E-state index in [2.05, 4.69) is 10.2 Å². The van der Waals surface area contributed by atoms with Gasteiger partial charge in [-0.25, -0.2) is 4.39 Å². The maximum atomic E-state index is 13.3. The quantitative estimate of drug-likeness (QED) is 0.839. The van der Waals surface area contributed by atoms with Gasteiger partial charge in [0.15, 0.2) is 0 Å². The van der Waals surface area contributed by atoms with Gasteiger partial charge in [-0.15, -0.1) is 10.2 Å². The van der Waals surface area contributed by atoms with Crippen LogP contribution in [0.5, 0.6) is 5.88 Å². The summed E-state index contributed by atoms with van der Waals surface area (Å²) in [5.74, 6) is 1.08. The van der Waals surface area contributed by atoms with Crippen molar-refractivity contribution in [2.24, 2.45) is 11.8 Å².